The zero-order valence-electron chi connectivity index (χ0n) is 8.25. The highest BCUT2D eigenvalue weighted by Gasteiger charge is 2.18. The molecule has 1 unspecified atom stereocenters. The predicted molar refractivity (Wildman–Crippen MR) is 77.6 cm³/mol. The molecule has 0 saturated carbocycles. The second-order valence-corrected chi connectivity index (χ2v) is 6.91. The van der Waals surface area contributed by atoms with Gasteiger partial charge in [-0.25, -0.2) is 0 Å². The zero-order chi connectivity index (χ0) is 12.6. The molecule has 2 rings (SSSR count). The fourth-order valence-corrected chi connectivity index (χ4v) is 3.55. The fourth-order valence-electron chi connectivity index (χ4n) is 1.38. The Hall–Kier alpha value is 0.230. The molecular weight excluding hydrogens is 366 g/mol. The summed E-state index contributed by atoms with van der Waals surface area (Å²) in [5, 5.41) is 11.6. The number of aliphatic hydroxyl groups is 1. The minimum absolute atomic E-state index is 0.363. The smallest absolute Gasteiger partial charge is 0.115 e. The Balaban J connectivity index is 2.43. The minimum Gasteiger partial charge on any atom is -0.383 e. The van der Waals surface area contributed by atoms with Crippen molar-refractivity contribution in [3.8, 4) is 0 Å². The van der Waals surface area contributed by atoms with Gasteiger partial charge >= 0.3 is 0 Å². The second-order valence-electron chi connectivity index (χ2n) is 3.32. The van der Waals surface area contributed by atoms with Crippen molar-refractivity contribution in [3.05, 3.63) is 53.6 Å². The first-order valence-electron chi connectivity index (χ1n) is 4.57. The molecule has 1 N–H and O–H groups in total. The van der Waals surface area contributed by atoms with E-state index in [2.05, 4.69) is 15.9 Å². The summed E-state index contributed by atoms with van der Waals surface area (Å²) < 4.78 is 0.784. The van der Waals surface area contributed by atoms with Gasteiger partial charge in [-0.05, 0) is 28.1 Å². The standard InChI is InChI=1S/C11H6BrCl3OS/c12-11-7(14)4-8(17-11)10(16)5-2-1-3-6(13)9(5)15/h1-4,10,16H. The second kappa shape index (κ2) is 5.47. The van der Waals surface area contributed by atoms with Crippen LogP contribution in [-0.2, 0) is 0 Å². The van der Waals surface area contributed by atoms with E-state index in [0.717, 1.165) is 3.79 Å². The van der Waals surface area contributed by atoms with Gasteiger partial charge in [-0.3, -0.25) is 0 Å². The number of halogens is 4. The van der Waals surface area contributed by atoms with Crippen LogP contribution in [0.5, 0.6) is 0 Å². The van der Waals surface area contributed by atoms with Gasteiger partial charge in [0.2, 0.25) is 0 Å². The quantitative estimate of drug-likeness (QED) is 0.732. The zero-order valence-corrected chi connectivity index (χ0v) is 12.9. The maximum Gasteiger partial charge on any atom is 0.115 e. The van der Waals surface area contributed by atoms with Crippen LogP contribution in [0.1, 0.15) is 16.5 Å². The van der Waals surface area contributed by atoms with Gasteiger partial charge in [-0.2, -0.15) is 0 Å². The number of hydrogen-bond donors (Lipinski definition) is 1. The van der Waals surface area contributed by atoms with Crippen LogP contribution in [0.2, 0.25) is 15.1 Å². The van der Waals surface area contributed by atoms with Crippen LogP contribution in [0.4, 0.5) is 0 Å². The molecule has 0 aliphatic heterocycles. The Morgan fingerprint density at radius 2 is 1.88 bits per heavy atom. The van der Waals surface area contributed by atoms with E-state index >= 15 is 0 Å². The van der Waals surface area contributed by atoms with E-state index in [1.807, 2.05) is 0 Å². The summed E-state index contributed by atoms with van der Waals surface area (Å²) in [6, 6.07) is 6.87. The summed E-state index contributed by atoms with van der Waals surface area (Å²) in [6.45, 7) is 0. The maximum absolute atomic E-state index is 10.2. The lowest BCUT2D eigenvalue weighted by molar-refractivity contribution is 0.224. The van der Waals surface area contributed by atoms with Crippen LogP contribution >= 0.6 is 62.1 Å². The van der Waals surface area contributed by atoms with Crippen LogP contribution in [-0.4, -0.2) is 5.11 Å². The number of hydrogen-bond acceptors (Lipinski definition) is 2. The van der Waals surface area contributed by atoms with Gasteiger partial charge in [0.1, 0.15) is 6.10 Å². The Labute approximate surface area is 126 Å². The average Bonchev–Trinajstić information content (AvgIpc) is 2.62. The van der Waals surface area contributed by atoms with Crippen molar-refractivity contribution < 1.29 is 5.11 Å². The third-order valence-corrected chi connectivity index (χ3v) is 5.57. The first-order valence-corrected chi connectivity index (χ1v) is 7.31. The summed E-state index contributed by atoms with van der Waals surface area (Å²) >= 11 is 22.6. The van der Waals surface area contributed by atoms with Crippen LogP contribution in [0.3, 0.4) is 0 Å². The van der Waals surface area contributed by atoms with E-state index in [1.54, 1.807) is 24.3 Å². The monoisotopic (exact) mass is 370 g/mol. The van der Waals surface area contributed by atoms with Crippen molar-refractivity contribution in [1.29, 1.82) is 0 Å². The normalized spacial score (nSPS) is 12.8. The van der Waals surface area contributed by atoms with E-state index in [9.17, 15) is 5.11 Å². The average molecular weight is 372 g/mol. The summed E-state index contributed by atoms with van der Waals surface area (Å²) in [7, 11) is 0. The van der Waals surface area contributed by atoms with Gasteiger partial charge in [0, 0.05) is 10.4 Å². The first kappa shape index (κ1) is 13.7. The molecule has 0 amide bonds. The minimum atomic E-state index is -0.824. The number of aliphatic hydroxyl groups excluding tert-OH is 1. The van der Waals surface area contributed by atoms with Gasteiger partial charge in [0.15, 0.2) is 0 Å². The third kappa shape index (κ3) is 2.80. The van der Waals surface area contributed by atoms with Gasteiger partial charge in [0.25, 0.3) is 0 Å². The SMILES string of the molecule is OC(c1cc(Cl)c(Br)s1)c1cccc(Cl)c1Cl. The summed E-state index contributed by atoms with van der Waals surface area (Å²) in [5.74, 6) is 0. The summed E-state index contributed by atoms with van der Waals surface area (Å²) in [5.41, 5.74) is 0.574. The molecule has 0 fully saturated rings. The van der Waals surface area contributed by atoms with Crippen molar-refractivity contribution in [1.82, 2.24) is 0 Å². The molecule has 1 heterocycles. The number of rotatable bonds is 2. The molecule has 1 nitrogen and oxygen atoms in total. The first-order chi connectivity index (χ1) is 8.00. The van der Waals surface area contributed by atoms with E-state index < -0.39 is 6.10 Å². The molecule has 0 aliphatic rings. The van der Waals surface area contributed by atoms with Gasteiger partial charge in [-0.15, -0.1) is 11.3 Å². The molecule has 1 atom stereocenters. The van der Waals surface area contributed by atoms with Crippen LogP contribution in [0, 0.1) is 0 Å². The molecule has 0 bridgehead atoms. The summed E-state index contributed by atoms with van der Waals surface area (Å²) in [6.07, 6.45) is -0.824. The van der Waals surface area contributed by atoms with E-state index in [0.29, 0.717) is 25.5 Å². The van der Waals surface area contributed by atoms with Crippen molar-refractivity contribution in [2.75, 3.05) is 0 Å². The topological polar surface area (TPSA) is 20.2 Å². The van der Waals surface area contributed by atoms with Gasteiger partial charge in [0.05, 0.1) is 18.9 Å². The highest BCUT2D eigenvalue weighted by Crippen LogP contribution is 2.40. The molecule has 1 aromatic heterocycles. The Morgan fingerprint density at radius 1 is 1.18 bits per heavy atom. The molecule has 90 valence electrons. The van der Waals surface area contributed by atoms with Crippen molar-refractivity contribution in [2.24, 2.45) is 0 Å². The van der Waals surface area contributed by atoms with Crippen molar-refractivity contribution >= 4 is 62.1 Å². The van der Waals surface area contributed by atoms with Crippen molar-refractivity contribution in [3.63, 3.8) is 0 Å². The molecule has 1 aromatic carbocycles. The maximum atomic E-state index is 10.2. The molecule has 17 heavy (non-hydrogen) atoms. The van der Waals surface area contributed by atoms with Crippen molar-refractivity contribution in [2.45, 2.75) is 6.10 Å². The summed E-state index contributed by atoms with van der Waals surface area (Å²) in [4.78, 5) is 0.714. The van der Waals surface area contributed by atoms with E-state index in [4.69, 9.17) is 34.8 Å². The number of benzene rings is 1. The van der Waals surface area contributed by atoms with E-state index in [-0.39, 0.29) is 0 Å². The van der Waals surface area contributed by atoms with Crippen LogP contribution < -0.4 is 0 Å². The van der Waals surface area contributed by atoms with Crippen LogP contribution in [0.25, 0.3) is 0 Å². The number of thiophene rings is 1. The fraction of sp³-hybridized carbons (Fsp3) is 0.0909. The lowest BCUT2D eigenvalue weighted by Gasteiger charge is -2.11. The molecule has 0 aliphatic carbocycles. The molecule has 6 heteroatoms. The molecule has 0 spiro atoms. The molecule has 0 saturated heterocycles. The lowest BCUT2D eigenvalue weighted by atomic mass is 10.1. The van der Waals surface area contributed by atoms with Gasteiger partial charge in [-0.1, -0.05) is 46.9 Å². The molecule has 2 aromatic rings. The molecule has 0 radical (unpaired) electrons. The third-order valence-electron chi connectivity index (χ3n) is 2.21. The largest absolute Gasteiger partial charge is 0.383 e. The Bertz CT molecular complexity index is 536. The lowest BCUT2D eigenvalue weighted by Crippen LogP contribution is -1.98. The Morgan fingerprint density at radius 3 is 2.47 bits per heavy atom. The predicted octanol–water partition coefficient (Wildman–Crippen LogP) is 5.55. The van der Waals surface area contributed by atoms with Crippen LogP contribution in [0.15, 0.2) is 28.1 Å². The van der Waals surface area contributed by atoms with Gasteiger partial charge < -0.3 is 5.11 Å². The molecular formula is C11H6BrCl3OS. The van der Waals surface area contributed by atoms with E-state index in [1.165, 1.54) is 11.3 Å². The highest BCUT2D eigenvalue weighted by molar-refractivity contribution is 9.11. The Kier molecular flexibility index (Phi) is 4.40. The highest BCUT2D eigenvalue weighted by atomic mass is 79.9.